The fraction of sp³-hybridized carbons (Fsp3) is 0.529. The molecule has 0 N–H and O–H groups in total. The summed E-state index contributed by atoms with van der Waals surface area (Å²) in [5.74, 6) is -0.0653. The van der Waals surface area contributed by atoms with E-state index in [0.29, 0.717) is 5.17 Å². The number of sulfone groups is 1. The highest BCUT2D eigenvalue weighted by molar-refractivity contribution is 8.16. The average Bonchev–Trinajstić information content (AvgIpc) is 2.98. The van der Waals surface area contributed by atoms with Crippen LogP contribution < -0.4 is 4.90 Å². The second-order valence-corrected chi connectivity index (χ2v) is 9.90. The summed E-state index contributed by atoms with van der Waals surface area (Å²) in [7, 11) is -3.04. The zero-order valence-electron chi connectivity index (χ0n) is 14.1. The number of carbonyl (C=O) groups is 1. The van der Waals surface area contributed by atoms with Crippen molar-refractivity contribution in [2.45, 2.75) is 38.5 Å². The summed E-state index contributed by atoms with van der Waals surface area (Å²) in [6, 6.07) is 7.80. The van der Waals surface area contributed by atoms with Gasteiger partial charge in [-0.25, -0.2) is 8.42 Å². The number of amides is 1. The molecule has 2 aliphatic rings. The predicted octanol–water partition coefficient (Wildman–Crippen LogP) is 2.51. The topological polar surface area (TPSA) is 66.8 Å². The molecule has 2 atom stereocenters. The van der Waals surface area contributed by atoms with E-state index in [9.17, 15) is 13.2 Å². The molecule has 24 heavy (non-hydrogen) atoms. The van der Waals surface area contributed by atoms with Gasteiger partial charge in [0.1, 0.15) is 0 Å². The number of para-hydroxylation sites is 1. The van der Waals surface area contributed by atoms with Crippen LogP contribution in [0.15, 0.2) is 29.3 Å². The smallest absolute Gasteiger partial charge is 0.250 e. The van der Waals surface area contributed by atoms with Crippen LogP contribution in [0.1, 0.15) is 26.3 Å². The number of anilines is 1. The van der Waals surface area contributed by atoms with Crippen molar-refractivity contribution < 1.29 is 13.2 Å². The van der Waals surface area contributed by atoms with E-state index in [0.717, 1.165) is 17.7 Å². The van der Waals surface area contributed by atoms with Gasteiger partial charge in [-0.3, -0.25) is 4.79 Å². The van der Waals surface area contributed by atoms with E-state index in [1.54, 1.807) is 0 Å². The Hall–Kier alpha value is -1.34. The number of hydrogen-bond acceptors (Lipinski definition) is 4. The Kier molecular flexibility index (Phi) is 4.75. The number of aliphatic imine (C=N–C) groups is 1. The normalized spacial score (nSPS) is 27.0. The Morgan fingerprint density at radius 2 is 2.04 bits per heavy atom. The first-order valence-corrected chi connectivity index (χ1v) is 10.9. The van der Waals surface area contributed by atoms with Crippen molar-refractivity contribution >= 4 is 38.4 Å². The Bertz CT molecular complexity index is 787. The molecule has 2 aliphatic heterocycles. The van der Waals surface area contributed by atoms with Gasteiger partial charge in [0, 0.05) is 16.9 Å². The lowest BCUT2D eigenvalue weighted by Crippen LogP contribution is -2.38. The summed E-state index contributed by atoms with van der Waals surface area (Å²) in [5.41, 5.74) is 2.10. The van der Waals surface area contributed by atoms with E-state index in [1.165, 1.54) is 11.8 Å². The Balaban J connectivity index is 2.06. The average molecular weight is 367 g/mol. The molecule has 0 aliphatic carbocycles. The number of thioether (sulfide) groups is 1. The van der Waals surface area contributed by atoms with Gasteiger partial charge in [-0.1, -0.05) is 50.7 Å². The van der Waals surface area contributed by atoms with Crippen molar-refractivity contribution in [1.29, 1.82) is 0 Å². The molecule has 0 spiro atoms. The van der Waals surface area contributed by atoms with Gasteiger partial charge in [0.15, 0.2) is 15.0 Å². The first-order valence-electron chi connectivity index (χ1n) is 8.19. The first-order chi connectivity index (χ1) is 11.3. The van der Waals surface area contributed by atoms with Crippen molar-refractivity contribution in [2.24, 2.45) is 10.9 Å². The maximum Gasteiger partial charge on any atom is 0.250 e. The zero-order chi connectivity index (χ0) is 17.5. The number of rotatable bonds is 3. The van der Waals surface area contributed by atoms with Gasteiger partial charge in [-0.2, -0.15) is 4.99 Å². The first kappa shape index (κ1) is 17.5. The molecule has 0 aromatic heterocycles. The lowest BCUT2D eigenvalue weighted by atomic mass is 10.1. The lowest BCUT2D eigenvalue weighted by Gasteiger charge is -2.26. The number of benzene rings is 1. The molecule has 0 radical (unpaired) electrons. The summed E-state index contributed by atoms with van der Waals surface area (Å²) >= 11 is 1.43. The van der Waals surface area contributed by atoms with Crippen molar-refractivity contribution in [3.8, 4) is 0 Å². The monoisotopic (exact) mass is 366 g/mol. The van der Waals surface area contributed by atoms with Crippen molar-refractivity contribution in [2.75, 3.05) is 16.4 Å². The van der Waals surface area contributed by atoms with E-state index in [-0.39, 0.29) is 34.6 Å². The summed E-state index contributed by atoms with van der Waals surface area (Å²) < 4.78 is 24.1. The van der Waals surface area contributed by atoms with Crippen molar-refractivity contribution in [3.05, 3.63) is 29.8 Å². The van der Waals surface area contributed by atoms with E-state index >= 15 is 0 Å². The number of carbonyl (C=O) groups excluding carboxylic acids is 1. The molecule has 5 nitrogen and oxygen atoms in total. The molecule has 0 saturated carbocycles. The predicted molar refractivity (Wildman–Crippen MR) is 99.4 cm³/mol. The van der Waals surface area contributed by atoms with Crippen LogP contribution in [0.3, 0.4) is 0 Å². The highest BCUT2D eigenvalue weighted by Gasteiger charge is 2.49. The van der Waals surface area contributed by atoms with Crippen LogP contribution in [0, 0.1) is 5.92 Å². The van der Waals surface area contributed by atoms with Gasteiger partial charge in [0.2, 0.25) is 0 Å². The molecule has 2 fully saturated rings. The van der Waals surface area contributed by atoms with E-state index in [1.807, 2.05) is 43.0 Å². The summed E-state index contributed by atoms with van der Waals surface area (Å²) in [6.07, 6.45) is 0.840. The van der Waals surface area contributed by atoms with Crippen LogP contribution in [0.2, 0.25) is 0 Å². The maximum absolute atomic E-state index is 12.1. The standard InChI is InChI=1S/C17H22N2O3S2/c1-4-12-7-5-6-8-13(12)19-14-9-24(21,22)10-15(14)23-17(19)18-16(20)11(2)3/h5-8,11,14-15H,4,9-10H2,1-3H3/t14-,15-/m0/s1. The van der Waals surface area contributed by atoms with Crippen LogP contribution in [0.25, 0.3) is 0 Å². The zero-order valence-corrected chi connectivity index (χ0v) is 15.7. The van der Waals surface area contributed by atoms with Gasteiger partial charge in [-0.05, 0) is 18.1 Å². The van der Waals surface area contributed by atoms with Gasteiger partial charge in [-0.15, -0.1) is 0 Å². The number of fused-ring (bicyclic) bond motifs is 1. The summed E-state index contributed by atoms with van der Waals surface area (Å²) in [4.78, 5) is 18.4. The molecule has 2 heterocycles. The second kappa shape index (κ2) is 6.52. The fourth-order valence-electron chi connectivity index (χ4n) is 3.11. The SMILES string of the molecule is CCc1ccccc1N1C(=NC(=O)C(C)C)S[C@H]2CS(=O)(=O)C[C@@H]21. The minimum Gasteiger partial charge on any atom is -0.315 e. The maximum atomic E-state index is 12.1. The van der Waals surface area contributed by atoms with Crippen LogP contribution in [0.4, 0.5) is 5.69 Å². The van der Waals surface area contributed by atoms with Crippen LogP contribution in [-0.4, -0.2) is 42.3 Å². The molecule has 7 heteroatoms. The van der Waals surface area contributed by atoms with Crippen LogP contribution in [-0.2, 0) is 21.1 Å². The molecule has 1 aromatic carbocycles. The molecule has 1 amide bonds. The third-order valence-corrected chi connectivity index (χ3v) is 7.61. The van der Waals surface area contributed by atoms with E-state index < -0.39 is 9.84 Å². The highest BCUT2D eigenvalue weighted by atomic mass is 32.2. The summed E-state index contributed by atoms with van der Waals surface area (Å²) in [5, 5.41) is 0.582. The minimum atomic E-state index is -3.04. The molecule has 0 unspecified atom stereocenters. The van der Waals surface area contributed by atoms with Crippen molar-refractivity contribution in [1.82, 2.24) is 0 Å². The quantitative estimate of drug-likeness (QED) is 0.822. The molecule has 130 valence electrons. The Morgan fingerprint density at radius 3 is 2.71 bits per heavy atom. The van der Waals surface area contributed by atoms with Gasteiger partial charge in [0.25, 0.3) is 5.91 Å². The largest absolute Gasteiger partial charge is 0.315 e. The molecule has 0 bridgehead atoms. The van der Waals surface area contributed by atoms with Crippen LogP contribution in [0.5, 0.6) is 0 Å². The van der Waals surface area contributed by atoms with Crippen molar-refractivity contribution in [3.63, 3.8) is 0 Å². The molecule has 1 aromatic rings. The van der Waals surface area contributed by atoms with Gasteiger partial charge in [0.05, 0.1) is 17.5 Å². The molecular weight excluding hydrogens is 344 g/mol. The lowest BCUT2D eigenvalue weighted by molar-refractivity contribution is -0.120. The van der Waals surface area contributed by atoms with Gasteiger partial charge < -0.3 is 4.90 Å². The fourth-order valence-corrected chi connectivity index (χ4v) is 7.03. The number of hydrogen-bond donors (Lipinski definition) is 0. The van der Waals surface area contributed by atoms with Crippen LogP contribution >= 0.6 is 11.8 Å². The molecular formula is C17H22N2O3S2. The Morgan fingerprint density at radius 1 is 1.33 bits per heavy atom. The highest BCUT2D eigenvalue weighted by Crippen LogP contribution is 2.42. The van der Waals surface area contributed by atoms with E-state index in [4.69, 9.17) is 0 Å². The number of nitrogens with zero attached hydrogens (tertiary/aromatic N) is 2. The van der Waals surface area contributed by atoms with E-state index in [2.05, 4.69) is 11.9 Å². The number of amidine groups is 1. The van der Waals surface area contributed by atoms with Gasteiger partial charge >= 0.3 is 0 Å². The Labute approximate surface area is 147 Å². The minimum absolute atomic E-state index is 0.0568. The third-order valence-electron chi connectivity index (χ3n) is 4.40. The molecule has 3 rings (SSSR count). The third kappa shape index (κ3) is 3.24. The number of aryl methyl sites for hydroxylation is 1. The second-order valence-electron chi connectivity index (χ2n) is 6.54. The molecule has 2 saturated heterocycles. The summed E-state index contributed by atoms with van der Waals surface area (Å²) in [6.45, 7) is 5.71.